The van der Waals surface area contributed by atoms with E-state index in [0.717, 1.165) is 24.4 Å². The topological polar surface area (TPSA) is 62.5 Å². The average Bonchev–Trinajstić information content (AvgIpc) is 2.80. The Labute approximate surface area is 118 Å². The maximum atomic E-state index is 12.3. The predicted molar refractivity (Wildman–Crippen MR) is 77.2 cm³/mol. The first kappa shape index (κ1) is 14.4. The lowest BCUT2D eigenvalue weighted by molar-refractivity contribution is 0.0250. The van der Waals surface area contributed by atoms with Crippen molar-refractivity contribution in [3.8, 4) is 0 Å². The minimum Gasteiger partial charge on any atom is -0.338 e. The van der Waals surface area contributed by atoms with Gasteiger partial charge in [-0.15, -0.1) is 11.3 Å². The van der Waals surface area contributed by atoms with Gasteiger partial charge in [0, 0.05) is 31.1 Å². The van der Waals surface area contributed by atoms with E-state index >= 15 is 0 Å². The van der Waals surface area contributed by atoms with Crippen molar-refractivity contribution in [2.24, 2.45) is 5.73 Å². The third kappa shape index (κ3) is 2.80. The fourth-order valence-electron chi connectivity index (χ4n) is 2.54. The van der Waals surface area contributed by atoms with E-state index in [1.54, 1.807) is 10.3 Å². The normalized spacial score (nSPS) is 17.3. The van der Waals surface area contributed by atoms with Gasteiger partial charge in [-0.1, -0.05) is 0 Å². The highest BCUT2D eigenvalue weighted by atomic mass is 32.1. The van der Waals surface area contributed by atoms with Gasteiger partial charge in [-0.05, 0) is 33.4 Å². The van der Waals surface area contributed by atoms with Gasteiger partial charge in [-0.25, -0.2) is 4.98 Å². The Bertz CT molecular complexity index is 453. The number of hydrogen-bond donors (Lipinski definition) is 1. The number of likely N-dealkylation sites (N-methyl/N-ethyl adjacent to an activating group) is 2. The largest absolute Gasteiger partial charge is 0.338 e. The molecule has 0 spiro atoms. The van der Waals surface area contributed by atoms with Crippen LogP contribution in [0.2, 0.25) is 0 Å². The molecule has 1 fully saturated rings. The fraction of sp³-hybridized carbons (Fsp3) is 0.692. The van der Waals surface area contributed by atoms with Crippen molar-refractivity contribution in [1.29, 1.82) is 0 Å². The Morgan fingerprint density at radius 1 is 1.47 bits per heavy atom. The summed E-state index contributed by atoms with van der Waals surface area (Å²) in [6.45, 7) is 1.15. The molecular formula is C13H22N4OS. The highest BCUT2D eigenvalue weighted by Gasteiger charge is 2.40. The minimum atomic E-state index is -0.0101. The lowest BCUT2D eigenvalue weighted by atomic mass is 9.75. The van der Waals surface area contributed by atoms with Gasteiger partial charge in [0.2, 0.25) is 0 Å². The maximum Gasteiger partial charge on any atom is 0.273 e. The van der Waals surface area contributed by atoms with E-state index in [1.165, 1.54) is 17.8 Å². The summed E-state index contributed by atoms with van der Waals surface area (Å²) in [6.07, 6.45) is 3.56. The summed E-state index contributed by atoms with van der Waals surface area (Å²) >= 11 is 1.45. The van der Waals surface area contributed by atoms with Gasteiger partial charge in [0.1, 0.15) is 10.7 Å². The van der Waals surface area contributed by atoms with E-state index in [1.807, 2.05) is 7.05 Å². The summed E-state index contributed by atoms with van der Waals surface area (Å²) in [4.78, 5) is 20.6. The number of hydrogen-bond acceptors (Lipinski definition) is 5. The summed E-state index contributed by atoms with van der Waals surface area (Å²) in [5.41, 5.74) is 6.19. The Morgan fingerprint density at radius 2 is 2.16 bits per heavy atom. The van der Waals surface area contributed by atoms with Crippen LogP contribution in [0.15, 0.2) is 5.38 Å². The van der Waals surface area contributed by atoms with Gasteiger partial charge in [-0.3, -0.25) is 4.79 Å². The number of carbonyl (C=O) groups excluding carboxylic acids is 1. The second-order valence-electron chi connectivity index (χ2n) is 5.46. The molecule has 0 aliphatic heterocycles. The molecule has 1 aliphatic rings. The molecule has 1 aliphatic carbocycles. The Kier molecular flexibility index (Phi) is 4.23. The van der Waals surface area contributed by atoms with Crippen LogP contribution in [-0.2, 0) is 6.54 Å². The molecule has 2 rings (SSSR count). The fourth-order valence-corrected chi connectivity index (χ4v) is 3.19. The van der Waals surface area contributed by atoms with Crippen molar-refractivity contribution in [2.75, 3.05) is 27.7 Å². The molecule has 1 amide bonds. The Balaban J connectivity index is 2.03. The van der Waals surface area contributed by atoms with Crippen LogP contribution in [-0.4, -0.2) is 53.9 Å². The highest BCUT2D eigenvalue weighted by molar-refractivity contribution is 7.09. The number of aromatic nitrogens is 1. The zero-order valence-corrected chi connectivity index (χ0v) is 12.7. The average molecular weight is 282 g/mol. The smallest absolute Gasteiger partial charge is 0.273 e. The van der Waals surface area contributed by atoms with Gasteiger partial charge in [0.15, 0.2) is 0 Å². The molecule has 2 N–H and O–H groups in total. The molecule has 0 aromatic carbocycles. The zero-order valence-electron chi connectivity index (χ0n) is 11.8. The Morgan fingerprint density at radius 3 is 2.58 bits per heavy atom. The van der Waals surface area contributed by atoms with Crippen molar-refractivity contribution in [1.82, 2.24) is 14.8 Å². The first-order valence-electron chi connectivity index (χ1n) is 6.56. The van der Waals surface area contributed by atoms with Crippen LogP contribution in [0, 0.1) is 0 Å². The monoisotopic (exact) mass is 282 g/mol. The molecule has 0 bridgehead atoms. The molecule has 19 heavy (non-hydrogen) atoms. The minimum absolute atomic E-state index is 0.0101. The standard InChI is InChI=1S/C13H22N4OS/c1-16(2)13(5-4-6-13)9-17(3)12(18)10-8-19-11(7-14)15-10/h8H,4-7,9,14H2,1-3H3. The molecule has 0 atom stereocenters. The van der Waals surface area contributed by atoms with Crippen LogP contribution in [0.5, 0.6) is 0 Å². The van der Waals surface area contributed by atoms with Crippen molar-refractivity contribution >= 4 is 17.2 Å². The summed E-state index contributed by atoms with van der Waals surface area (Å²) in [5.74, 6) is -0.0101. The van der Waals surface area contributed by atoms with E-state index in [9.17, 15) is 4.79 Å². The Hall–Kier alpha value is -0.980. The molecule has 0 saturated heterocycles. The summed E-state index contributed by atoms with van der Waals surface area (Å²) in [7, 11) is 6.03. The first-order chi connectivity index (χ1) is 8.98. The molecule has 6 heteroatoms. The zero-order chi connectivity index (χ0) is 14.0. The number of amides is 1. The van der Waals surface area contributed by atoms with Gasteiger partial charge in [-0.2, -0.15) is 0 Å². The lowest BCUT2D eigenvalue weighted by Crippen LogP contribution is -2.57. The second-order valence-corrected chi connectivity index (χ2v) is 6.41. The van der Waals surface area contributed by atoms with Gasteiger partial charge in [0.05, 0.1) is 0 Å². The van der Waals surface area contributed by atoms with Crippen molar-refractivity contribution in [3.05, 3.63) is 16.1 Å². The predicted octanol–water partition coefficient (Wildman–Crippen LogP) is 1.16. The summed E-state index contributed by atoms with van der Waals surface area (Å²) in [6, 6.07) is 0. The number of nitrogens with zero attached hydrogens (tertiary/aromatic N) is 3. The van der Waals surface area contributed by atoms with E-state index in [-0.39, 0.29) is 11.4 Å². The molecular weight excluding hydrogens is 260 g/mol. The SMILES string of the molecule is CN(CC1(N(C)C)CCC1)C(=O)c1csc(CN)n1. The lowest BCUT2D eigenvalue weighted by Gasteiger charge is -2.49. The molecule has 106 valence electrons. The quantitative estimate of drug-likeness (QED) is 0.880. The third-order valence-corrected chi connectivity index (χ3v) is 4.93. The van der Waals surface area contributed by atoms with Crippen LogP contribution in [0.1, 0.15) is 34.8 Å². The third-order valence-electron chi connectivity index (χ3n) is 4.06. The van der Waals surface area contributed by atoms with Crippen molar-refractivity contribution < 1.29 is 4.79 Å². The molecule has 1 aromatic rings. The van der Waals surface area contributed by atoms with E-state index in [4.69, 9.17) is 5.73 Å². The molecule has 0 radical (unpaired) electrons. The summed E-state index contributed by atoms with van der Waals surface area (Å²) < 4.78 is 0. The van der Waals surface area contributed by atoms with Crippen LogP contribution in [0.3, 0.4) is 0 Å². The second kappa shape index (κ2) is 5.56. The van der Waals surface area contributed by atoms with Crippen LogP contribution in [0.25, 0.3) is 0 Å². The van der Waals surface area contributed by atoms with Gasteiger partial charge >= 0.3 is 0 Å². The van der Waals surface area contributed by atoms with Gasteiger partial charge in [0.25, 0.3) is 5.91 Å². The molecule has 0 unspecified atom stereocenters. The van der Waals surface area contributed by atoms with Crippen LogP contribution < -0.4 is 5.73 Å². The number of carbonyl (C=O) groups is 1. The molecule has 1 aromatic heterocycles. The summed E-state index contributed by atoms with van der Waals surface area (Å²) in [5, 5.41) is 2.60. The number of thiazole rings is 1. The highest BCUT2D eigenvalue weighted by Crippen LogP contribution is 2.36. The van der Waals surface area contributed by atoms with Crippen LogP contribution in [0.4, 0.5) is 0 Å². The van der Waals surface area contributed by atoms with Crippen LogP contribution >= 0.6 is 11.3 Å². The maximum absolute atomic E-state index is 12.3. The molecule has 5 nitrogen and oxygen atoms in total. The first-order valence-corrected chi connectivity index (χ1v) is 7.44. The molecule has 1 heterocycles. The van der Waals surface area contributed by atoms with Crippen molar-refractivity contribution in [2.45, 2.75) is 31.3 Å². The van der Waals surface area contributed by atoms with Crippen molar-refractivity contribution in [3.63, 3.8) is 0 Å². The van der Waals surface area contributed by atoms with Gasteiger partial charge < -0.3 is 15.5 Å². The van der Waals surface area contributed by atoms with E-state index < -0.39 is 0 Å². The van der Waals surface area contributed by atoms with E-state index in [0.29, 0.717) is 12.2 Å². The molecule has 1 saturated carbocycles. The van der Waals surface area contributed by atoms with E-state index in [2.05, 4.69) is 24.0 Å². The number of rotatable bonds is 5. The number of nitrogens with two attached hydrogens (primary N) is 1.